The van der Waals surface area contributed by atoms with E-state index in [1.54, 1.807) is 0 Å². The standard InChI is InChI=1S/C31H32F7N7O/c1-15-21(31(36,37)38)18(7-20(39)22(15)32)24-23(33)25-19(8-40-24)26(44-9-16-3-4-17(10-44)41-16)43-27(42-25)46-14-29-5-2-6-45(29)13-28(11-29)12-30(28,34)35/h7-8,16-17,41H,2-6,9-14,39H2,1H3/t16-,17+,28-,29-/m0/s1. The van der Waals surface area contributed by atoms with Crippen molar-refractivity contribution < 1.29 is 35.5 Å². The predicted molar refractivity (Wildman–Crippen MR) is 155 cm³/mol. The fraction of sp³-hybridized carbons (Fsp3) is 0.581. The van der Waals surface area contributed by atoms with Crippen LogP contribution in [-0.2, 0) is 6.18 Å². The van der Waals surface area contributed by atoms with Gasteiger partial charge in [0, 0.05) is 49.9 Å². The largest absolute Gasteiger partial charge is 0.461 e. The first-order valence-electron chi connectivity index (χ1n) is 15.5. The molecule has 0 amide bonds. The van der Waals surface area contributed by atoms with Crippen LogP contribution in [-0.4, -0.2) is 76.2 Å². The molecule has 5 aliphatic rings. The molecule has 4 saturated heterocycles. The number of anilines is 2. The number of nitrogen functional groups attached to an aromatic ring is 1. The lowest BCUT2D eigenvalue weighted by molar-refractivity contribution is -0.137. The molecular formula is C31H32F7N7O. The van der Waals surface area contributed by atoms with E-state index in [2.05, 4.69) is 20.3 Å². The maximum Gasteiger partial charge on any atom is 0.417 e. The molecule has 1 aliphatic carbocycles. The number of aromatic nitrogens is 3. The molecule has 46 heavy (non-hydrogen) atoms. The van der Waals surface area contributed by atoms with E-state index in [1.165, 1.54) is 6.20 Å². The third kappa shape index (κ3) is 4.44. The van der Waals surface area contributed by atoms with Gasteiger partial charge in [-0.1, -0.05) is 0 Å². The molecule has 8 rings (SSSR count). The lowest BCUT2D eigenvalue weighted by atomic mass is 9.89. The number of pyridine rings is 1. The number of nitrogens with two attached hydrogens (primary N) is 1. The Labute approximate surface area is 259 Å². The monoisotopic (exact) mass is 651 g/mol. The molecule has 4 aliphatic heterocycles. The van der Waals surface area contributed by atoms with E-state index < -0.39 is 62.8 Å². The maximum atomic E-state index is 16.5. The van der Waals surface area contributed by atoms with Gasteiger partial charge in [-0.05, 0) is 57.2 Å². The van der Waals surface area contributed by atoms with Gasteiger partial charge in [0.05, 0.1) is 27.6 Å². The van der Waals surface area contributed by atoms with Crippen molar-refractivity contribution in [3.63, 3.8) is 0 Å². The predicted octanol–water partition coefficient (Wildman–Crippen LogP) is 5.46. The second-order valence-corrected chi connectivity index (χ2v) is 13.8. The van der Waals surface area contributed by atoms with Crippen molar-refractivity contribution in [2.24, 2.45) is 5.41 Å². The number of piperazine rings is 1. The number of alkyl halides is 5. The molecule has 1 spiro atoms. The van der Waals surface area contributed by atoms with E-state index in [4.69, 9.17) is 10.5 Å². The molecule has 3 N–H and O–H groups in total. The number of hydrogen-bond acceptors (Lipinski definition) is 8. The van der Waals surface area contributed by atoms with Crippen molar-refractivity contribution in [1.82, 2.24) is 25.2 Å². The van der Waals surface area contributed by atoms with Gasteiger partial charge in [0.1, 0.15) is 29.5 Å². The summed E-state index contributed by atoms with van der Waals surface area (Å²) in [6.07, 6.45) is -0.340. The van der Waals surface area contributed by atoms with Crippen LogP contribution in [0, 0.1) is 24.0 Å². The Morgan fingerprint density at radius 1 is 1.09 bits per heavy atom. The third-order valence-electron chi connectivity index (χ3n) is 10.8. The fourth-order valence-electron chi connectivity index (χ4n) is 8.51. The van der Waals surface area contributed by atoms with Crippen molar-refractivity contribution in [2.75, 3.05) is 43.4 Å². The first-order chi connectivity index (χ1) is 21.7. The molecule has 2 bridgehead atoms. The van der Waals surface area contributed by atoms with Crippen LogP contribution in [0.15, 0.2) is 12.3 Å². The Morgan fingerprint density at radius 3 is 2.48 bits per heavy atom. The summed E-state index contributed by atoms with van der Waals surface area (Å²) in [6.45, 7) is 2.98. The number of nitrogens with one attached hydrogen (secondary N) is 1. The summed E-state index contributed by atoms with van der Waals surface area (Å²) in [5.74, 6) is -4.82. The molecule has 1 aromatic carbocycles. The van der Waals surface area contributed by atoms with Crippen molar-refractivity contribution >= 4 is 22.4 Å². The summed E-state index contributed by atoms with van der Waals surface area (Å²) in [6, 6.07) is 0.865. The van der Waals surface area contributed by atoms with Crippen LogP contribution < -0.4 is 20.7 Å². The highest BCUT2D eigenvalue weighted by atomic mass is 19.4. The molecule has 1 saturated carbocycles. The van der Waals surface area contributed by atoms with E-state index in [9.17, 15) is 26.3 Å². The Morgan fingerprint density at radius 2 is 1.80 bits per heavy atom. The van der Waals surface area contributed by atoms with Crippen LogP contribution in [0.1, 0.15) is 49.7 Å². The maximum absolute atomic E-state index is 16.5. The topological polar surface area (TPSA) is 92.4 Å². The first-order valence-corrected chi connectivity index (χ1v) is 15.5. The number of ether oxygens (including phenoxy) is 1. The molecule has 6 heterocycles. The lowest BCUT2D eigenvalue weighted by Gasteiger charge is -2.34. The van der Waals surface area contributed by atoms with Gasteiger partial charge in [0.25, 0.3) is 5.92 Å². The highest BCUT2D eigenvalue weighted by Crippen LogP contribution is 2.69. The minimum absolute atomic E-state index is 0.00799. The minimum Gasteiger partial charge on any atom is -0.461 e. The molecular weight excluding hydrogens is 619 g/mol. The van der Waals surface area contributed by atoms with E-state index in [0.717, 1.165) is 32.3 Å². The summed E-state index contributed by atoms with van der Waals surface area (Å²) < 4.78 is 109. The molecule has 0 unspecified atom stereocenters. The fourth-order valence-corrected chi connectivity index (χ4v) is 8.51. The van der Waals surface area contributed by atoms with Gasteiger partial charge < -0.3 is 20.7 Å². The molecule has 2 aromatic heterocycles. The summed E-state index contributed by atoms with van der Waals surface area (Å²) in [5.41, 5.74) is -0.484. The number of benzene rings is 1. The average molecular weight is 652 g/mol. The van der Waals surface area contributed by atoms with E-state index >= 15 is 4.39 Å². The summed E-state index contributed by atoms with van der Waals surface area (Å²) in [7, 11) is 0. The molecule has 5 fully saturated rings. The average Bonchev–Trinajstić information content (AvgIpc) is 3.31. The van der Waals surface area contributed by atoms with Crippen LogP contribution in [0.3, 0.4) is 0 Å². The zero-order valence-electron chi connectivity index (χ0n) is 25.0. The van der Waals surface area contributed by atoms with Crippen LogP contribution in [0.25, 0.3) is 22.2 Å². The zero-order valence-corrected chi connectivity index (χ0v) is 25.0. The molecule has 15 heteroatoms. The summed E-state index contributed by atoms with van der Waals surface area (Å²) in [5, 5.41) is 3.69. The van der Waals surface area contributed by atoms with Gasteiger partial charge >= 0.3 is 12.2 Å². The van der Waals surface area contributed by atoms with Crippen molar-refractivity contribution in [1.29, 1.82) is 0 Å². The van der Waals surface area contributed by atoms with Crippen LogP contribution in [0.4, 0.5) is 42.2 Å². The smallest absolute Gasteiger partial charge is 0.417 e. The Balaban J connectivity index is 1.23. The number of nitrogens with zero attached hydrogens (tertiary/aromatic N) is 5. The second-order valence-electron chi connectivity index (χ2n) is 13.8. The van der Waals surface area contributed by atoms with Gasteiger partial charge in [-0.2, -0.15) is 23.1 Å². The quantitative estimate of drug-likeness (QED) is 0.278. The molecule has 246 valence electrons. The number of halogens is 7. The van der Waals surface area contributed by atoms with Crippen LogP contribution >= 0.6 is 0 Å². The number of fused-ring (bicyclic) bond motifs is 4. The van der Waals surface area contributed by atoms with Crippen molar-refractivity contribution in [2.45, 2.75) is 75.2 Å². The van der Waals surface area contributed by atoms with Gasteiger partial charge in [0.15, 0.2) is 5.82 Å². The van der Waals surface area contributed by atoms with Gasteiger partial charge in [0.2, 0.25) is 0 Å². The lowest BCUT2D eigenvalue weighted by Crippen LogP contribution is -2.51. The SMILES string of the molecule is Cc1c(F)c(N)cc(-c2ncc3c(N4C[C@H]5CC[C@@H](C4)N5)nc(OC[C@@]45CCCN4C[C@@]4(CC4(F)F)C5)nc3c2F)c1C(F)(F)F. The summed E-state index contributed by atoms with van der Waals surface area (Å²) in [4.78, 5) is 17.1. The van der Waals surface area contributed by atoms with Crippen LogP contribution in [0.2, 0.25) is 0 Å². The molecule has 0 radical (unpaired) electrons. The number of hydrogen-bond donors (Lipinski definition) is 2. The highest BCUT2D eigenvalue weighted by Gasteiger charge is 2.77. The van der Waals surface area contributed by atoms with Gasteiger partial charge in [-0.15, -0.1) is 0 Å². The Kier molecular flexibility index (Phi) is 6.36. The van der Waals surface area contributed by atoms with Crippen molar-refractivity contribution in [3.05, 3.63) is 35.0 Å². The third-order valence-corrected chi connectivity index (χ3v) is 10.8. The van der Waals surface area contributed by atoms with E-state index in [0.29, 0.717) is 31.9 Å². The van der Waals surface area contributed by atoms with E-state index in [-0.39, 0.29) is 55.0 Å². The van der Waals surface area contributed by atoms with Gasteiger partial charge in [-0.25, -0.2) is 17.6 Å². The Bertz CT molecular complexity index is 1760. The minimum atomic E-state index is -5.04. The van der Waals surface area contributed by atoms with Gasteiger partial charge in [-0.3, -0.25) is 9.88 Å². The zero-order chi connectivity index (χ0) is 32.4. The highest BCUT2D eigenvalue weighted by molar-refractivity contribution is 5.92. The van der Waals surface area contributed by atoms with Crippen LogP contribution in [0.5, 0.6) is 6.01 Å². The molecule has 3 aromatic rings. The Hall–Kier alpha value is -3.46. The first kappa shape index (κ1) is 29.9. The summed E-state index contributed by atoms with van der Waals surface area (Å²) >= 11 is 0. The number of rotatable bonds is 5. The normalized spacial score (nSPS) is 30.0. The molecule has 8 nitrogen and oxygen atoms in total. The van der Waals surface area contributed by atoms with E-state index in [1.807, 2.05) is 9.80 Å². The molecule has 4 atom stereocenters. The second kappa shape index (κ2) is 9.78. The van der Waals surface area contributed by atoms with Crippen molar-refractivity contribution in [3.8, 4) is 17.3 Å².